The van der Waals surface area contributed by atoms with Crippen LogP contribution >= 0.6 is 15.9 Å². The van der Waals surface area contributed by atoms with Crippen molar-refractivity contribution >= 4 is 27.7 Å². The molecule has 0 aliphatic carbocycles. The standard InChI is InChI=1S/C12H16BrN3O2/c1-2-7-16(8-11(14)15-18)12(17)9-5-3-4-6-10(9)13/h3-6,18H,2,7-8H2,1H3,(H2,14,15). The third kappa shape index (κ3) is 3.73. The average Bonchev–Trinajstić information content (AvgIpc) is 2.38. The summed E-state index contributed by atoms with van der Waals surface area (Å²) in [6.45, 7) is 2.63. The zero-order valence-corrected chi connectivity index (χ0v) is 11.7. The Morgan fingerprint density at radius 2 is 2.17 bits per heavy atom. The van der Waals surface area contributed by atoms with Gasteiger partial charge in [-0.25, -0.2) is 0 Å². The van der Waals surface area contributed by atoms with Crippen molar-refractivity contribution in [3.63, 3.8) is 0 Å². The lowest BCUT2D eigenvalue weighted by Crippen LogP contribution is -2.39. The van der Waals surface area contributed by atoms with Gasteiger partial charge in [0.2, 0.25) is 0 Å². The molecule has 0 unspecified atom stereocenters. The number of amidine groups is 1. The Kier molecular flexibility index (Phi) is 5.64. The maximum absolute atomic E-state index is 12.3. The molecule has 0 heterocycles. The summed E-state index contributed by atoms with van der Waals surface area (Å²) in [5.74, 6) is -0.125. The van der Waals surface area contributed by atoms with Gasteiger partial charge >= 0.3 is 0 Å². The number of benzene rings is 1. The van der Waals surface area contributed by atoms with Crippen molar-refractivity contribution in [1.82, 2.24) is 4.90 Å². The number of halogens is 1. The molecule has 0 spiro atoms. The molecule has 0 aromatic heterocycles. The van der Waals surface area contributed by atoms with Gasteiger partial charge < -0.3 is 15.8 Å². The number of hydrogen-bond acceptors (Lipinski definition) is 3. The summed E-state index contributed by atoms with van der Waals surface area (Å²) in [6, 6.07) is 7.18. The van der Waals surface area contributed by atoms with E-state index in [1.165, 1.54) is 0 Å². The largest absolute Gasteiger partial charge is 0.409 e. The number of nitrogens with zero attached hydrogens (tertiary/aromatic N) is 2. The summed E-state index contributed by atoms with van der Waals surface area (Å²) in [6.07, 6.45) is 0.800. The normalized spacial score (nSPS) is 11.3. The van der Waals surface area contributed by atoms with Crippen molar-refractivity contribution in [2.45, 2.75) is 13.3 Å². The number of amides is 1. The predicted molar refractivity (Wildman–Crippen MR) is 73.7 cm³/mol. The van der Waals surface area contributed by atoms with Gasteiger partial charge in [-0.1, -0.05) is 24.2 Å². The van der Waals surface area contributed by atoms with Crippen LogP contribution in [0.2, 0.25) is 0 Å². The fourth-order valence-corrected chi connectivity index (χ4v) is 2.01. The highest BCUT2D eigenvalue weighted by Crippen LogP contribution is 2.17. The van der Waals surface area contributed by atoms with Gasteiger partial charge in [-0.05, 0) is 34.5 Å². The zero-order chi connectivity index (χ0) is 13.5. The highest BCUT2D eigenvalue weighted by atomic mass is 79.9. The quantitative estimate of drug-likeness (QED) is 0.378. The van der Waals surface area contributed by atoms with Crippen molar-refractivity contribution in [3.8, 4) is 0 Å². The van der Waals surface area contributed by atoms with E-state index in [9.17, 15) is 4.79 Å². The number of carbonyl (C=O) groups excluding carboxylic acids is 1. The molecule has 1 aromatic carbocycles. The maximum atomic E-state index is 12.3. The monoisotopic (exact) mass is 313 g/mol. The topological polar surface area (TPSA) is 78.9 Å². The molecule has 6 heteroatoms. The summed E-state index contributed by atoms with van der Waals surface area (Å²) in [7, 11) is 0. The van der Waals surface area contributed by atoms with E-state index >= 15 is 0 Å². The molecule has 1 rings (SSSR count). The molecule has 0 bridgehead atoms. The molecule has 1 aromatic rings. The minimum Gasteiger partial charge on any atom is -0.409 e. The highest BCUT2D eigenvalue weighted by Gasteiger charge is 2.18. The van der Waals surface area contributed by atoms with E-state index in [2.05, 4.69) is 21.1 Å². The first kappa shape index (κ1) is 14.5. The minimum absolute atomic E-state index is 0.0175. The van der Waals surface area contributed by atoms with Gasteiger partial charge in [-0.15, -0.1) is 0 Å². The fourth-order valence-electron chi connectivity index (χ4n) is 1.55. The van der Waals surface area contributed by atoms with Crippen LogP contribution in [0, 0.1) is 0 Å². The number of nitrogens with two attached hydrogens (primary N) is 1. The van der Waals surface area contributed by atoms with Crippen LogP contribution in [-0.2, 0) is 0 Å². The number of carbonyl (C=O) groups is 1. The number of oxime groups is 1. The van der Waals surface area contributed by atoms with Crippen molar-refractivity contribution in [3.05, 3.63) is 34.3 Å². The Bertz CT molecular complexity index is 449. The summed E-state index contributed by atoms with van der Waals surface area (Å²) < 4.78 is 0.732. The average molecular weight is 314 g/mol. The summed E-state index contributed by atoms with van der Waals surface area (Å²) in [4.78, 5) is 13.9. The second-order valence-corrected chi connectivity index (χ2v) is 4.65. The van der Waals surface area contributed by atoms with Gasteiger partial charge in [0.15, 0.2) is 5.84 Å². The highest BCUT2D eigenvalue weighted by molar-refractivity contribution is 9.10. The molecule has 1 amide bonds. The zero-order valence-electron chi connectivity index (χ0n) is 10.1. The summed E-state index contributed by atoms with van der Waals surface area (Å²) in [5.41, 5.74) is 6.02. The lowest BCUT2D eigenvalue weighted by Gasteiger charge is -2.21. The molecule has 3 N–H and O–H groups in total. The summed E-state index contributed by atoms with van der Waals surface area (Å²) >= 11 is 3.34. The lowest BCUT2D eigenvalue weighted by atomic mass is 10.2. The Balaban J connectivity index is 2.92. The Hall–Kier alpha value is -1.56. The molecule has 0 saturated carbocycles. The van der Waals surface area contributed by atoms with Crippen molar-refractivity contribution in [1.29, 1.82) is 0 Å². The third-order valence-electron chi connectivity index (χ3n) is 2.37. The molecule has 0 fully saturated rings. The fraction of sp³-hybridized carbons (Fsp3) is 0.333. The van der Waals surface area contributed by atoms with E-state index in [4.69, 9.17) is 10.9 Å². The molecule has 0 atom stereocenters. The van der Waals surface area contributed by atoms with E-state index in [1.807, 2.05) is 13.0 Å². The first-order valence-electron chi connectivity index (χ1n) is 5.60. The van der Waals surface area contributed by atoms with Crippen LogP contribution in [0.1, 0.15) is 23.7 Å². The Morgan fingerprint density at radius 3 is 2.72 bits per heavy atom. The van der Waals surface area contributed by atoms with Gasteiger partial charge in [-0.2, -0.15) is 0 Å². The molecule has 5 nitrogen and oxygen atoms in total. The SMILES string of the molecule is CCCN(CC(N)=NO)C(=O)c1ccccc1Br. The van der Waals surface area contributed by atoms with Gasteiger partial charge in [-0.3, -0.25) is 4.79 Å². The molecule has 18 heavy (non-hydrogen) atoms. The van der Waals surface area contributed by atoms with E-state index in [-0.39, 0.29) is 18.3 Å². The Labute approximate surface area is 114 Å². The van der Waals surface area contributed by atoms with Crippen LogP contribution in [-0.4, -0.2) is 34.9 Å². The second-order valence-electron chi connectivity index (χ2n) is 3.80. The molecule has 0 aliphatic rings. The van der Waals surface area contributed by atoms with Gasteiger partial charge in [0.25, 0.3) is 5.91 Å². The Morgan fingerprint density at radius 1 is 1.50 bits per heavy atom. The van der Waals surface area contributed by atoms with Gasteiger partial charge in [0, 0.05) is 11.0 Å². The molecule has 98 valence electrons. The molecular formula is C12H16BrN3O2. The second kappa shape index (κ2) is 7.00. The van der Waals surface area contributed by atoms with E-state index in [1.54, 1.807) is 23.1 Å². The van der Waals surface area contributed by atoms with Gasteiger partial charge in [0.1, 0.15) is 0 Å². The minimum atomic E-state index is -0.143. The maximum Gasteiger partial charge on any atom is 0.255 e. The lowest BCUT2D eigenvalue weighted by molar-refractivity contribution is 0.0777. The van der Waals surface area contributed by atoms with Crippen LogP contribution in [0.25, 0.3) is 0 Å². The molecule has 0 radical (unpaired) electrons. The number of rotatable bonds is 5. The van der Waals surface area contributed by atoms with E-state index in [0.717, 1.165) is 10.9 Å². The molecule has 0 aliphatic heterocycles. The third-order valence-corrected chi connectivity index (χ3v) is 3.06. The van der Waals surface area contributed by atoms with Crippen molar-refractivity contribution in [2.75, 3.05) is 13.1 Å². The van der Waals surface area contributed by atoms with Crippen LogP contribution in [0.5, 0.6) is 0 Å². The first-order valence-corrected chi connectivity index (χ1v) is 6.39. The van der Waals surface area contributed by atoms with Crippen LogP contribution in [0.3, 0.4) is 0 Å². The van der Waals surface area contributed by atoms with E-state index < -0.39 is 0 Å². The molecule has 0 saturated heterocycles. The van der Waals surface area contributed by atoms with E-state index in [0.29, 0.717) is 12.1 Å². The summed E-state index contributed by atoms with van der Waals surface area (Å²) in [5, 5.41) is 11.5. The van der Waals surface area contributed by atoms with Crippen molar-refractivity contribution in [2.24, 2.45) is 10.9 Å². The number of hydrogen-bond donors (Lipinski definition) is 2. The van der Waals surface area contributed by atoms with Crippen LogP contribution in [0.15, 0.2) is 33.9 Å². The first-order chi connectivity index (χ1) is 8.60. The van der Waals surface area contributed by atoms with Crippen LogP contribution in [0.4, 0.5) is 0 Å². The molecular weight excluding hydrogens is 298 g/mol. The van der Waals surface area contributed by atoms with Crippen molar-refractivity contribution < 1.29 is 10.0 Å². The van der Waals surface area contributed by atoms with Gasteiger partial charge in [0.05, 0.1) is 12.1 Å². The smallest absolute Gasteiger partial charge is 0.255 e. The predicted octanol–water partition coefficient (Wildman–Crippen LogP) is 2.05. The van der Waals surface area contributed by atoms with Crippen LogP contribution < -0.4 is 5.73 Å².